The second kappa shape index (κ2) is 7.62. The third-order valence-corrected chi connectivity index (χ3v) is 3.08. The molecule has 0 aliphatic heterocycles. The van der Waals surface area contributed by atoms with Crippen LogP contribution in [0.5, 0.6) is 0 Å². The molecule has 2 atom stereocenters. The predicted octanol–water partition coefficient (Wildman–Crippen LogP) is 2.23. The summed E-state index contributed by atoms with van der Waals surface area (Å²) in [4.78, 5) is 22.4. The van der Waals surface area contributed by atoms with Crippen LogP contribution in [0.25, 0.3) is 0 Å². The van der Waals surface area contributed by atoms with Crippen molar-refractivity contribution >= 4 is 11.9 Å². The Morgan fingerprint density at radius 3 is 2.55 bits per heavy atom. The smallest absolute Gasteiger partial charge is 0.303 e. The lowest BCUT2D eigenvalue weighted by atomic mass is 9.99. The van der Waals surface area contributed by atoms with E-state index in [1.165, 1.54) is 6.07 Å². The molecule has 1 rings (SSSR count). The molecule has 2 N–H and O–H groups in total. The van der Waals surface area contributed by atoms with Gasteiger partial charge in [-0.2, -0.15) is 0 Å². The van der Waals surface area contributed by atoms with Crippen LogP contribution in [0.4, 0.5) is 4.39 Å². The van der Waals surface area contributed by atoms with Gasteiger partial charge in [0.15, 0.2) is 0 Å². The second-order valence-corrected chi connectivity index (χ2v) is 5.14. The van der Waals surface area contributed by atoms with Crippen molar-refractivity contribution < 1.29 is 19.1 Å². The highest BCUT2D eigenvalue weighted by atomic mass is 19.1. The maximum Gasteiger partial charge on any atom is 0.303 e. The lowest BCUT2D eigenvalue weighted by molar-refractivity contribution is -0.138. The summed E-state index contributed by atoms with van der Waals surface area (Å²) in [7, 11) is 0. The van der Waals surface area contributed by atoms with Gasteiger partial charge in [-0.05, 0) is 24.0 Å². The van der Waals surface area contributed by atoms with Crippen molar-refractivity contribution in [1.82, 2.24) is 5.32 Å². The first-order valence-electron chi connectivity index (χ1n) is 6.63. The van der Waals surface area contributed by atoms with E-state index >= 15 is 0 Å². The van der Waals surface area contributed by atoms with E-state index in [1.54, 1.807) is 32.0 Å². The number of carbonyl (C=O) groups is 2. The predicted molar refractivity (Wildman–Crippen MR) is 73.7 cm³/mol. The summed E-state index contributed by atoms with van der Waals surface area (Å²) in [5, 5.41) is 11.3. The van der Waals surface area contributed by atoms with Crippen molar-refractivity contribution in [1.29, 1.82) is 0 Å². The van der Waals surface area contributed by atoms with Crippen molar-refractivity contribution in [3.05, 3.63) is 35.6 Å². The zero-order valence-corrected chi connectivity index (χ0v) is 11.7. The molecule has 0 aromatic heterocycles. The fraction of sp³-hybridized carbons (Fsp3) is 0.467. The van der Waals surface area contributed by atoms with Crippen molar-refractivity contribution in [2.75, 3.05) is 6.54 Å². The van der Waals surface area contributed by atoms with Gasteiger partial charge in [-0.15, -0.1) is 0 Å². The number of hydrogen-bond donors (Lipinski definition) is 2. The summed E-state index contributed by atoms with van der Waals surface area (Å²) >= 11 is 0. The van der Waals surface area contributed by atoms with Gasteiger partial charge in [0.05, 0.1) is 0 Å². The third-order valence-electron chi connectivity index (χ3n) is 3.08. The third kappa shape index (κ3) is 5.38. The Hall–Kier alpha value is -1.91. The molecule has 110 valence electrons. The molecule has 0 saturated heterocycles. The highest BCUT2D eigenvalue weighted by molar-refractivity contribution is 5.78. The minimum absolute atomic E-state index is 0.0158. The van der Waals surface area contributed by atoms with Gasteiger partial charge in [0.1, 0.15) is 5.82 Å². The molecule has 20 heavy (non-hydrogen) atoms. The van der Waals surface area contributed by atoms with Crippen LogP contribution < -0.4 is 5.32 Å². The summed E-state index contributed by atoms with van der Waals surface area (Å²) in [6.07, 6.45) is 0.341. The Bertz CT molecular complexity index is 476. The number of carbonyl (C=O) groups excluding carboxylic acids is 1. The zero-order chi connectivity index (χ0) is 15.1. The number of carboxylic acids is 1. The van der Waals surface area contributed by atoms with E-state index < -0.39 is 5.97 Å². The summed E-state index contributed by atoms with van der Waals surface area (Å²) < 4.78 is 13.5. The minimum atomic E-state index is -0.883. The molecule has 1 aromatic carbocycles. The molecular formula is C15H20FNO3. The number of halogens is 1. The molecule has 1 amide bonds. The van der Waals surface area contributed by atoms with E-state index in [0.717, 1.165) is 0 Å². The molecule has 4 nitrogen and oxygen atoms in total. The number of benzene rings is 1. The SMILES string of the molecule is CC(CNC(=O)C(C)Cc1ccccc1F)CC(=O)O. The summed E-state index contributed by atoms with van der Waals surface area (Å²) in [5.41, 5.74) is 0.508. The van der Waals surface area contributed by atoms with Crippen LogP contribution in [0.2, 0.25) is 0 Å². The highest BCUT2D eigenvalue weighted by Crippen LogP contribution is 2.12. The molecule has 1 aromatic rings. The lowest BCUT2D eigenvalue weighted by Gasteiger charge is -2.15. The molecule has 0 spiro atoms. The van der Waals surface area contributed by atoms with E-state index in [1.807, 2.05) is 0 Å². The minimum Gasteiger partial charge on any atom is -0.481 e. The molecule has 0 bridgehead atoms. The number of carboxylic acid groups (broad SMARTS) is 1. The van der Waals surface area contributed by atoms with Gasteiger partial charge in [0.25, 0.3) is 0 Å². The molecule has 0 radical (unpaired) electrons. The number of aliphatic carboxylic acids is 1. The van der Waals surface area contributed by atoms with Crippen LogP contribution in [-0.4, -0.2) is 23.5 Å². The summed E-state index contributed by atoms with van der Waals surface area (Å²) in [6.45, 7) is 3.80. The topological polar surface area (TPSA) is 66.4 Å². The fourth-order valence-corrected chi connectivity index (χ4v) is 1.91. The molecule has 0 heterocycles. The van der Waals surface area contributed by atoms with Gasteiger partial charge in [-0.25, -0.2) is 4.39 Å². The van der Waals surface area contributed by atoms with Gasteiger partial charge in [0, 0.05) is 18.9 Å². The van der Waals surface area contributed by atoms with Crippen LogP contribution in [0.15, 0.2) is 24.3 Å². The zero-order valence-electron chi connectivity index (χ0n) is 11.7. The number of nitrogens with one attached hydrogen (secondary N) is 1. The van der Waals surface area contributed by atoms with Crippen molar-refractivity contribution in [3.63, 3.8) is 0 Å². The van der Waals surface area contributed by atoms with Crippen LogP contribution in [0.3, 0.4) is 0 Å². The summed E-state index contributed by atoms with van der Waals surface area (Å²) in [6, 6.07) is 6.37. The Morgan fingerprint density at radius 2 is 1.95 bits per heavy atom. The monoisotopic (exact) mass is 281 g/mol. The average Bonchev–Trinajstić information content (AvgIpc) is 2.37. The molecule has 2 unspecified atom stereocenters. The lowest BCUT2D eigenvalue weighted by Crippen LogP contribution is -2.34. The Kier molecular flexibility index (Phi) is 6.15. The van der Waals surface area contributed by atoms with Gasteiger partial charge >= 0.3 is 5.97 Å². The number of rotatable bonds is 7. The first-order chi connectivity index (χ1) is 9.40. The van der Waals surface area contributed by atoms with Crippen LogP contribution in [0.1, 0.15) is 25.8 Å². The quantitative estimate of drug-likeness (QED) is 0.805. The normalized spacial score (nSPS) is 13.6. The fourth-order valence-electron chi connectivity index (χ4n) is 1.91. The van der Waals surface area contributed by atoms with E-state index in [0.29, 0.717) is 18.5 Å². The number of amides is 1. The van der Waals surface area contributed by atoms with Gasteiger partial charge < -0.3 is 10.4 Å². The van der Waals surface area contributed by atoms with E-state index in [4.69, 9.17) is 5.11 Å². The Morgan fingerprint density at radius 1 is 1.30 bits per heavy atom. The van der Waals surface area contributed by atoms with Crippen molar-refractivity contribution in [3.8, 4) is 0 Å². The van der Waals surface area contributed by atoms with E-state index in [9.17, 15) is 14.0 Å². The Labute approximate surface area is 118 Å². The highest BCUT2D eigenvalue weighted by Gasteiger charge is 2.16. The maximum absolute atomic E-state index is 13.5. The van der Waals surface area contributed by atoms with E-state index in [2.05, 4.69) is 5.32 Å². The Balaban J connectivity index is 2.44. The van der Waals surface area contributed by atoms with Crippen LogP contribution in [0, 0.1) is 17.7 Å². The average molecular weight is 281 g/mol. The molecule has 5 heteroatoms. The largest absolute Gasteiger partial charge is 0.481 e. The molecule has 0 fully saturated rings. The van der Waals surface area contributed by atoms with Crippen LogP contribution >= 0.6 is 0 Å². The molecular weight excluding hydrogens is 261 g/mol. The first kappa shape index (κ1) is 16.1. The van der Waals surface area contributed by atoms with Crippen LogP contribution in [-0.2, 0) is 16.0 Å². The summed E-state index contributed by atoms with van der Waals surface area (Å²) in [5.74, 6) is -1.87. The second-order valence-electron chi connectivity index (χ2n) is 5.14. The van der Waals surface area contributed by atoms with Crippen molar-refractivity contribution in [2.24, 2.45) is 11.8 Å². The van der Waals surface area contributed by atoms with Gasteiger partial charge in [0.2, 0.25) is 5.91 Å². The molecule has 0 saturated carbocycles. The maximum atomic E-state index is 13.5. The standard InChI is InChI=1S/C15H20FNO3/c1-10(7-14(18)19)9-17-15(20)11(2)8-12-5-3-4-6-13(12)16/h3-6,10-11H,7-9H2,1-2H3,(H,17,20)(H,18,19). The first-order valence-corrected chi connectivity index (χ1v) is 6.63. The van der Waals surface area contributed by atoms with Crippen molar-refractivity contribution in [2.45, 2.75) is 26.7 Å². The molecule has 0 aliphatic rings. The van der Waals surface area contributed by atoms with Gasteiger partial charge in [-0.3, -0.25) is 9.59 Å². The molecule has 0 aliphatic carbocycles. The van der Waals surface area contributed by atoms with Gasteiger partial charge in [-0.1, -0.05) is 32.0 Å². The number of hydrogen-bond acceptors (Lipinski definition) is 2. The van der Waals surface area contributed by atoms with E-state index in [-0.39, 0.29) is 30.0 Å².